The molecule has 3 nitrogen and oxygen atoms in total. The van der Waals surface area contributed by atoms with Crippen LogP contribution in [-0.2, 0) is 4.79 Å². The molecule has 14 heavy (non-hydrogen) atoms. The fraction of sp³-hybridized carbons (Fsp3) is 0.909. The van der Waals surface area contributed by atoms with E-state index in [1.807, 2.05) is 11.9 Å². The highest BCUT2D eigenvalue weighted by atomic mass is 16.2. The van der Waals surface area contributed by atoms with E-state index in [0.29, 0.717) is 11.8 Å². The maximum atomic E-state index is 11.6. The quantitative estimate of drug-likeness (QED) is 0.668. The van der Waals surface area contributed by atoms with E-state index in [9.17, 15) is 4.79 Å². The summed E-state index contributed by atoms with van der Waals surface area (Å²) in [7, 11) is 1.94. The first-order chi connectivity index (χ1) is 6.77. The van der Waals surface area contributed by atoms with E-state index in [0.717, 1.165) is 25.9 Å². The van der Waals surface area contributed by atoms with Crippen LogP contribution in [0.5, 0.6) is 0 Å². The third-order valence-electron chi connectivity index (χ3n) is 3.25. The van der Waals surface area contributed by atoms with Crippen molar-refractivity contribution < 1.29 is 4.79 Å². The molecular formula is C11H20N2O. The Morgan fingerprint density at radius 1 is 1.36 bits per heavy atom. The van der Waals surface area contributed by atoms with E-state index in [2.05, 4.69) is 4.90 Å². The number of nitrogens with zero attached hydrogens (tertiary/aromatic N) is 2. The third-order valence-corrected chi connectivity index (χ3v) is 3.25. The van der Waals surface area contributed by atoms with Gasteiger partial charge in [-0.3, -0.25) is 4.79 Å². The predicted molar refractivity (Wildman–Crippen MR) is 56.0 cm³/mol. The Hall–Kier alpha value is -0.570. The second-order valence-electron chi connectivity index (χ2n) is 4.58. The third kappa shape index (κ3) is 2.47. The number of likely N-dealkylation sites (N-methyl/N-ethyl adjacent to an activating group) is 1. The minimum absolute atomic E-state index is 0.365. The van der Waals surface area contributed by atoms with Crippen LogP contribution in [0.25, 0.3) is 0 Å². The van der Waals surface area contributed by atoms with Crippen LogP contribution in [-0.4, -0.2) is 48.9 Å². The number of carbonyl (C=O) groups excluding carboxylic acids is 1. The van der Waals surface area contributed by atoms with Crippen molar-refractivity contribution in [3.05, 3.63) is 0 Å². The molecule has 2 rings (SSSR count). The Morgan fingerprint density at radius 2 is 2.00 bits per heavy atom. The summed E-state index contributed by atoms with van der Waals surface area (Å²) in [5, 5.41) is 0. The minimum Gasteiger partial charge on any atom is -0.344 e. The molecule has 0 aromatic heterocycles. The molecule has 0 atom stereocenters. The van der Waals surface area contributed by atoms with Crippen molar-refractivity contribution in [2.75, 3.05) is 33.2 Å². The Morgan fingerprint density at radius 3 is 2.57 bits per heavy atom. The van der Waals surface area contributed by atoms with Crippen LogP contribution in [0.15, 0.2) is 0 Å². The fourth-order valence-corrected chi connectivity index (χ4v) is 2.05. The molecular weight excluding hydrogens is 176 g/mol. The molecule has 1 saturated heterocycles. The van der Waals surface area contributed by atoms with Crippen molar-refractivity contribution in [1.82, 2.24) is 9.80 Å². The maximum absolute atomic E-state index is 11.6. The Labute approximate surface area is 86.1 Å². The topological polar surface area (TPSA) is 23.6 Å². The first-order valence-electron chi connectivity index (χ1n) is 5.75. The largest absolute Gasteiger partial charge is 0.344 e. The van der Waals surface area contributed by atoms with Gasteiger partial charge in [0.1, 0.15) is 0 Å². The Bertz CT molecular complexity index is 207. The summed E-state index contributed by atoms with van der Waals surface area (Å²) in [5.74, 6) is 0.739. The predicted octanol–water partition coefficient (Wildman–Crippen LogP) is 0.951. The van der Waals surface area contributed by atoms with E-state index in [-0.39, 0.29) is 0 Å². The molecule has 1 amide bonds. The average Bonchev–Trinajstić information content (AvgIpc) is 2.91. The molecule has 0 bridgehead atoms. The van der Waals surface area contributed by atoms with E-state index in [1.165, 1.54) is 25.9 Å². The number of amides is 1. The number of rotatable bonds is 4. The van der Waals surface area contributed by atoms with Gasteiger partial charge in [-0.25, -0.2) is 0 Å². The lowest BCUT2D eigenvalue weighted by Gasteiger charge is -2.21. The molecule has 0 aromatic carbocycles. The molecule has 1 heterocycles. The van der Waals surface area contributed by atoms with Crippen molar-refractivity contribution in [2.45, 2.75) is 25.7 Å². The molecule has 0 spiro atoms. The molecule has 1 saturated carbocycles. The molecule has 1 aliphatic heterocycles. The van der Waals surface area contributed by atoms with Crippen molar-refractivity contribution >= 4 is 5.91 Å². The average molecular weight is 196 g/mol. The summed E-state index contributed by atoms with van der Waals surface area (Å²) in [6, 6.07) is 0. The minimum atomic E-state index is 0.365. The first-order valence-corrected chi connectivity index (χ1v) is 5.75. The summed E-state index contributed by atoms with van der Waals surface area (Å²) in [6.07, 6.45) is 4.90. The zero-order valence-corrected chi connectivity index (χ0v) is 9.04. The number of likely N-dealkylation sites (tertiary alicyclic amines) is 1. The van der Waals surface area contributed by atoms with Gasteiger partial charge in [0.2, 0.25) is 5.91 Å². The van der Waals surface area contributed by atoms with Crippen LogP contribution < -0.4 is 0 Å². The zero-order chi connectivity index (χ0) is 9.97. The van der Waals surface area contributed by atoms with Crippen molar-refractivity contribution in [2.24, 2.45) is 5.92 Å². The highest BCUT2D eigenvalue weighted by molar-refractivity contribution is 5.80. The summed E-state index contributed by atoms with van der Waals surface area (Å²) >= 11 is 0. The molecule has 80 valence electrons. The number of hydrogen-bond acceptors (Lipinski definition) is 2. The van der Waals surface area contributed by atoms with E-state index >= 15 is 0 Å². The van der Waals surface area contributed by atoms with Crippen molar-refractivity contribution in [3.8, 4) is 0 Å². The van der Waals surface area contributed by atoms with Crippen LogP contribution in [0.3, 0.4) is 0 Å². The molecule has 0 aromatic rings. The van der Waals surface area contributed by atoms with Crippen LogP contribution in [0.2, 0.25) is 0 Å². The van der Waals surface area contributed by atoms with Gasteiger partial charge in [-0.1, -0.05) is 0 Å². The molecule has 3 heteroatoms. The van der Waals surface area contributed by atoms with Gasteiger partial charge in [0.25, 0.3) is 0 Å². The Balaban J connectivity index is 1.65. The van der Waals surface area contributed by atoms with Gasteiger partial charge >= 0.3 is 0 Å². The van der Waals surface area contributed by atoms with Gasteiger partial charge in [-0.05, 0) is 38.8 Å². The second-order valence-corrected chi connectivity index (χ2v) is 4.58. The van der Waals surface area contributed by atoms with Gasteiger partial charge in [0.05, 0.1) is 0 Å². The Kier molecular flexibility index (Phi) is 3.06. The van der Waals surface area contributed by atoms with Crippen molar-refractivity contribution in [1.29, 1.82) is 0 Å². The number of hydrogen-bond donors (Lipinski definition) is 0. The molecule has 0 N–H and O–H groups in total. The molecule has 0 radical (unpaired) electrons. The van der Waals surface area contributed by atoms with E-state index in [4.69, 9.17) is 0 Å². The monoisotopic (exact) mass is 196 g/mol. The summed E-state index contributed by atoms with van der Waals surface area (Å²) < 4.78 is 0. The highest BCUT2D eigenvalue weighted by Gasteiger charge is 2.31. The van der Waals surface area contributed by atoms with Crippen LogP contribution in [0, 0.1) is 5.92 Å². The van der Waals surface area contributed by atoms with Crippen molar-refractivity contribution in [3.63, 3.8) is 0 Å². The number of carbonyl (C=O) groups is 1. The lowest BCUT2D eigenvalue weighted by atomic mass is 10.3. The normalized spacial score (nSPS) is 22.6. The van der Waals surface area contributed by atoms with Gasteiger partial charge in [0.15, 0.2) is 0 Å². The zero-order valence-electron chi connectivity index (χ0n) is 9.04. The molecule has 1 aliphatic carbocycles. The maximum Gasteiger partial charge on any atom is 0.225 e. The highest BCUT2D eigenvalue weighted by Crippen LogP contribution is 2.30. The summed E-state index contributed by atoms with van der Waals surface area (Å²) in [5.41, 5.74) is 0. The summed E-state index contributed by atoms with van der Waals surface area (Å²) in [4.78, 5) is 16.0. The molecule has 2 fully saturated rings. The summed E-state index contributed by atoms with van der Waals surface area (Å²) in [6.45, 7) is 4.43. The lowest BCUT2D eigenvalue weighted by Crippen LogP contribution is -2.35. The lowest BCUT2D eigenvalue weighted by molar-refractivity contribution is -0.131. The SMILES string of the molecule is CN(CCN1CCCC1)C(=O)C1CC1. The van der Waals surface area contributed by atoms with E-state index in [1.54, 1.807) is 0 Å². The van der Waals surface area contributed by atoms with Crippen LogP contribution in [0.4, 0.5) is 0 Å². The van der Waals surface area contributed by atoms with E-state index < -0.39 is 0 Å². The standard InChI is InChI=1S/C11H20N2O/c1-12(11(14)10-4-5-10)8-9-13-6-2-3-7-13/h10H,2-9H2,1H3. The van der Waals surface area contributed by atoms with Gasteiger partial charge in [-0.2, -0.15) is 0 Å². The van der Waals surface area contributed by atoms with Gasteiger partial charge in [-0.15, -0.1) is 0 Å². The molecule has 0 unspecified atom stereocenters. The van der Waals surface area contributed by atoms with Crippen LogP contribution in [0.1, 0.15) is 25.7 Å². The van der Waals surface area contributed by atoms with Gasteiger partial charge in [0, 0.05) is 26.1 Å². The molecule has 2 aliphatic rings. The fourth-order valence-electron chi connectivity index (χ4n) is 2.05. The second kappa shape index (κ2) is 4.30. The van der Waals surface area contributed by atoms with Crippen LogP contribution >= 0.6 is 0 Å². The smallest absolute Gasteiger partial charge is 0.225 e. The first kappa shape index (κ1) is 9.97. The van der Waals surface area contributed by atoms with Gasteiger partial charge < -0.3 is 9.80 Å².